The Bertz CT molecular complexity index is 541. The fourth-order valence-corrected chi connectivity index (χ4v) is 4.02. The molecule has 1 N–H and O–H groups in total. The van der Waals surface area contributed by atoms with Gasteiger partial charge in [-0.1, -0.05) is 12.8 Å². The molecule has 0 saturated heterocycles. The topological polar surface area (TPSA) is 66.8 Å². The van der Waals surface area contributed by atoms with Crippen molar-refractivity contribution < 1.29 is 18.3 Å². The number of benzene rings is 1. The highest BCUT2D eigenvalue weighted by Gasteiger charge is 2.34. The molecule has 0 aliphatic heterocycles. The molecule has 2 rings (SSSR count). The summed E-state index contributed by atoms with van der Waals surface area (Å²) in [6.07, 6.45) is 2.68. The molecule has 1 fully saturated rings. The van der Waals surface area contributed by atoms with E-state index < -0.39 is 16.1 Å². The summed E-state index contributed by atoms with van der Waals surface area (Å²) in [4.78, 5) is 0.221. The van der Waals surface area contributed by atoms with Crippen molar-refractivity contribution >= 4 is 10.0 Å². The summed E-state index contributed by atoms with van der Waals surface area (Å²) in [5.74, 6) is 0.615. The van der Waals surface area contributed by atoms with Gasteiger partial charge in [-0.2, -0.15) is 4.31 Å². The lowest BCUT2D eigenvalue weighted by Crippen LogP contribution is -2.46. The molecule has 0 aromatic heterocycles. The lowest BCUT2D eigenvalue weighted by atomic mass is 9.93. The highest BCUT2D eigenvalue weighted by Crippen LogP contribution is 2.27. The van der Waals surface area contributed by atoms with Crippen molar-refractivity contribution in [3.63, 3.8) is 0 Å². The monoisotopic (exact) mass is 299 g/mol. The van der Waals surface area contributed by atoms with Gasteiger partial charge in [0.2, 0.25) is 10.0 Å². The summed E-state index contributed by atoms with van der Waals surface area (Å²) in [5, 5.41) is 10.0. The first-order valence-electron chi connectivity index (χ1n) is 6.77. The van der Waals surface area contributed by atoms with Gasteiger partial charge in [0.15, 0.2) is 0 Å². The van der Waals surface area contributed by atoms with Gasteiger partial charge < -0.3 is 9.84 Å². The molecule has 1 aliphatic rings. The van der Waals surface area contributed by atoms with Crippen LogP contribution in [-0.2, 0) is 10.0 Å². The number of ether oxygens (including phenoxy) is 1. The number of aliphatic hydroxyl groups is 1. The zero-order valence-electron chi connectivity index (χ0n) is 11.8. The van der Waals surface area contributed by atoms with Crippen molar-refractivity contribution in [2.24, 2.45) is 0 Å². The third-order valence-electron chi connectivity index (χ3n) is 3.90. The first kappa shape index (κ1) is 15.3. The largest absolute Gasteiger partial charge is 0.497 e. The van der Waals surface area contributed by atoms with Crippen LogP contribution in [0.4, 0.5) is 0 Å². The summed E-state index contributed by atoms with van der Waals surface area (Å²) in [5.41, 5.74) is 0. The Hall–Kier alpha value is -1.11. The summed E-state index contributed by atoms with van der Waals surface area (Å²) in [6, 6.07) is 5.96. The molecule has 1 aromatic rings. The van der Waals surface area contributed by atoms with Crippen LogP contribution in [0.5, 0.6) is 5.75 Å². The molecule has 6 heteroatoms. The van der Waals surface area contributed by atoms with E-state index in [9.17, 15) is 13.5 Å². The van der Waals surface area contributed by atoms with Gasteiger partial charge in [0.1, 0.15) is 5.75 Å². The fraction of sp³-hybridized carbons (Fsp3) is 0.571. The molecule has 112 valence electrons. The summed E-state index contributed by atoms with van der Waals surface area (Å²) >= 11 is 0. The van der Waals surface area contributed by atoms with Crippen LogP contribution in [-0.4, -0.2) is 44.1 Å². The van der Waals surface area contributed by atoms with Crippen LogP contribution in [0.3, 0.4) is 0 Å². The van der Waals surface area contributed by atoms with E-state index in [1.165, 1.54) is 23.5 Å². The minimum atomic E-state index is -3.58. The predicted octanol–water partition coefficient (Wildman–Crippen LogP) is 1.62. The van der Waals surface area contributed by atoms with E-state index in [0.29, 0.717) is 18.6 Å². The first-order valence-corrected chi connectivity index (χ1v) is 8.21. The van der Waals surface area contributed by atoms with Crippen molar-refractivity contribution in [3.05, 3.63) is 24.3 Å². The molecule has 0 spiro atoms. The minimum Gasteiger partial charge on any atom is -0.497 e. The van der Waals surface area contributed by atoms with Crippen molar-refractivity contribution in [1.29, 1.82) is 0 Å². The number of rotatable bonds is 4. The third kappa shape index (κ3) is 2.97. The second kappa shape index (κ2) is 6.11. The molecule has 0 radical (unpaired) electrons. The number of aliphatic hydroxyl groups excluding tert-OH is 1. The zero-order valence-corrected chi connectivity index (χ0v) is 12.6. The number of sulfonamides is 1. The molecule has 1 aliphatic carbocycles. The number of nitrogens with zero attached hydrogens (tertiary/aromatic N) is 1. The zero-order chi connectivity index (χ0) is 14.8. The molecule has 2 atom stereocenters. The first-order chi connectivity index (χ1) is 9.46. The Morgan fingerprint density at radius 3 is 2.35 bits per heavy atom. The van der Waals surface area contributed by atoms with Gasteiger partial charge >= 0.3 is 0 Å². The maximum atomic E-state index is 12.6. The van der Waals surface area contributed by atoms with Gasteiger partial charge in [-0.05, 0) is 37.1 Å². The average molecular weight is 299 g/mol. The van der Waals surface area contributed by atoms with Gasteiger partial charge in [0, 0.05) is 7.05 Å². The highest BCUT2D eigenvalue weighted by molar-refractivity contribution is 7.89. The molecular formula is C14H21NO4S. The van der Waals surface area contributed by atoms with Gasteiger partial charge in [0.25, 0.3) is 0 Å². The van der Waals surface area contributed by atoms with Crippen molar-refractivity contribution in [3.8, 4) is 5.75 Å². The average Bonchev–Trinajstić information content (AvgIpc) is 2.47. The summed E-state index contributed by atoms with van der Waals surface area (Å²) in [6.45, 7) is 0. The molecule has 1 saturated carbocycles. The normalized spacial score (nSPS) is 23.8. The van der Waals surface area contributed by atoms with Gasteiger partial charge in [-0.25, -0.2) is 8.42 Å². The quantitative estimate of drug-likeness (QED) is 0.917. The molecular weight excluding hydrogens is 278 g/mol. The van der Waals surface area contributed by atoms with Crippen LogP contribution < -0.4 is 4.74 Å². The van der Waals surface area contributed by atoms with Crippen LogP contribution in [0.1, 0.15) is 25.7 Å². The lowest BCUT2D eigenvalue weighted by molar-refractivity contribution is 0.0638. The molecule has 2 unspecified atom stereocenters. The van der Waals surface area contributed by atoms with Crippen molar-refractivity contribution in [2.45, 2.75) is 42.7 Å². The molecule has 5 nitrogen and oxygen atoms in total. The molecule has 1 aromatic carbocycles. The second-order valence-electron chi connectivity index (χ2n) is 5.12. The van der Waals surface area contributed by atoms with E-state index in [-0.39, 0.29) is 10.9 Å². The van der Waals surface area contributed by atoms with Crippen LogP contribution in [0, 0.1) is 0 Å². The van der Waals surface area contributed by atoms with Crippen LogP contribution in [0.25, 0.3) is 0 Å². The summed E-state index contributed by atoms with van der Waals surface area (Å²) in [7, 11) is -0.503. The Morgan fingerprint density at radius 2 is 1.80 bits per heavy atom. The Balaban J connectivity index is 2.23. The number of methoxy groups -OCH3 is 1. The lowest BCUT2D eigenvalue weighted by Gasteiger charge is -2.34. The molecule has 0 heterocycles. The smallest absolute Gasteiger partial charge is 0.243 e. The maximum Gasteiger partial charge on any atom is 0.243 e. The van der Waals surface area contributed by atoms with Gasteiger partial charge in [0.05, 0.1) is 24.2 Å². The highest BCUT2D eigenvalue weighted by atomic mass is 32.2. The van der Waals surface area contributed by atoms with E-state index in [2.05, 4.69) is 0 Å². The van der Waals surface area contributed by atoms with E-state index in [4.69, 9.17) is 4.74 Å². The molecule has 20 heavy (non-hydrogen) atoms. The molecule has 0 amide bonds. The van der Waals surface area contributed by atoms with E-state index >= 15 is 0 Å². The number of likely N-dealkylation sites (N-methyl/N-ethyl adjacent to an activating group) is 1. The summed E-state index contributed by atoms with van der Waals surface area (Å²) < 4.78 is 31.4. The Labute approximate surface area is 120 Å². The molecule has 0 bridgehead atoms. The maximum absolute atomic E-state index is 12.6. The Morgan fingerprint density at radius 1 is 1.20 bits per heavy atom. The van der Waals surface area contributed by atoms with E-state index in [1.54, 1.807) is 19.2 Å². The SMILES string of the molecule is COc1ccc(S(=O)(=O)N(C)C2CCCCC2O)cc1. The van der Waals surface area contributed by atoms with Crippen LogP contribution in [0.2, 0.25) is 0 Å². The van der Waals surface area contributed by atoms with Crippen molar-refractivity contribution in [1.82, 2.24) is 4.31 Å². The van der Waals surface area contributed by atoms with Crippen LogP contribution >= 0.6 is 0 Å². The fourth-order valence-electron chi connectivity index (χ4n) is 2.61. The van der Waals surface area contributed by atoms with Crippen LogP contribution in [0.15, 0.2) is 29.2 Å². The Kier molecular flexibility index (Phi) is 4.67. The number of hydrogen-bond acceptors (Lipinski definition) is 4. The standard InChI is InChI=1S/C14H21NO4S/c1-15(13-5-3-4-6-14(13)16)20(17,18)12-9-7-11(19-2)8-10-12/h7-10,13-14,16H,3-6H2,1-2H3. The minimum absolute atomic E-state index is 0.221. The number of hydrogen-bond donors (Lipinski definition) is 1. The van der Waals surface area contributed by atoms with Gasteiger partial charge in [-0.15, -0.1) is 0 Å². The second-order valence-corrected chi connectivity index (χ2v) is 7.11. The predicted molar refractivity (Wildman–Crippen MR) is 76.2 cm³/mol. The van der Waals surface area contributed by atoms with Gasteiger partial charge in [-0.3, -0.25) is 0 Å². The van der Waals surface area contributed by atoms with E-state index in [1.807, 2.05) is 0 Å². The van der Waals surface area contributed by atoms with Crippen molar-refractivity contribution in [2.75, 3.05) is 14.2 Å². The third-order valence-corrected chi connectivity index (χ3v) is 5.79. The van der Waals surface area contributed by atoms with E-state index in [0.717, 1.165) is 12.8 Å².